The molecule has 1 fully saturated rings. The minimum atomic E-state index is -0.0998. The minimum Gasteiger partial charge on any atom is -0.310 e. The van der Waals surface area contributed by atoms with Crippen LogP contribution >= 0.6 is 0 Å². The average molecular weight is 420 g/mol. The van der Waals surface area contributed by atoms with Crippen LogP contribution in [0.4, 0.5) is 5.69 Å². The molecule has 0 radical (unpaired) electrons. The Kier molecular flexibility index (Phi) is 5.84. The summed E-state index contributed by atoms with van der Waals surface area (Å²) >= 11 is 0. The van der Waals surface area contributed by atoms with Crippen LogP contribution in [0.2, 0.25) is 0 Å². The zero-order valence-electron chi connectivity index (χ0n) is 19.5. The molecule has 0 unspecified atom stereocenters. The molecular formula is C25H33N5O. The molecular weight excluding hydrogens is 386 g/mol. The average Bonchev–Trinajstić information content (AvgIpc) is 3.07. The molecule has 0 spiro atoms. The van der Waals surface area contributed by atoms with Crippen molar-refractivity contribution in [2.24, 2.45) is 0 Å². The number of aryl methyl sites for hydroxylation is 3. The highest BCUT2D eigenvalue weighted by atomic mass is 16.2. The van der Waals surface area contributed by atoms with Crippen molar-refractivity contribution < 1.29 is 4.79 Å². The summed E-state index contributed by atoms with van der Waals surface area (Å²) in [6.45, 7) is 12.8. The number of nitrogens with zero attached hydrogens (tertiary/aromatic N) is 5. The number of benzene rings is 1. The zero-order valence-corrected chi connectivity index (χ0v) is 19.5. The van der Waals surface area contributed by atoms with Crippen LogP contribution in [0.25, 0.3) is 10.9 Å². The van der Waals surface area contributed by atoms with Crippen molar-refractivity contribution in [1.29, 1.82) is 0 Å². The highest BCUT2D eigenvalue weighted by molar-refractivity contribution is 6.06. The number of carbonyl (C=O) groups is 1. The van der Waals surface area contributed by atoms with Gasteiger partial charge in [0.25, 0.3) is 5.91 Å². The smallest absolute Gasteiger partial charge is 0.276 e. The number of rotatable bonds is 4. The molecule has 4 rings (SSSR count). The van der Waals surface area contributed by atoms with E-state index >= 15 is 0 Å². The molecule has 1 amide bonds. The van der Waals surface area contributed by atoms with Gasteiger partial charge in [-0.1, -0.05) is 6.07 Å². The maximum Gasteiger partial charge on any atom is 0.276 e. The number of anilines is 1. The fourth-order valence-electron chi connectivity index (χ4n) is 4.68. The van der Waals surface area contributed by atoms with E-state index < -0.39 is 0 Å². The summed E-state index contributed by atoms with van der Waals surface area (Å²) in [5.74, 6) is -0.0998. The molecule has 1 aromatic carbocycles. The van der Waals surface area contributed by atoms with Crippen LogP contribution in [0.15, 0.2) is 30.3 Å². The van der Waals surface area contributed by atoms with Gasteiger partial charge in [0.15, 0.2) is 0 Å². The maximum absolute atomic E-state index is 13.0. The molecule has 0 N–H and O–H groups in total. The van der Waals surface area contributed by atoms with Gasteiger partial charge in [-0.05, 0) is 77.3 Å². The third-order valence-corrected chi connectivity index (χ3v) is 6.61. The van der Waals surface area contributed by atoms with E-state index in [-0.39, 0.29) is 5.91 Å². The lowest BCUT2D eigenvalue weighted by Gasteiger charge is -2.35. The lowest BCUT2D eigenvalue weighted by Crippen LogP contribution is -2.39. The van der Waals surface area contributed by atoms with Crippen LogP contribution in [0, 0.1) is 20.8 Å². The van der Waals surface area contributed by atoms with E-state index in [1.807, 2.05) is 33.0 Å². The lowest BCUT2D eigenvalue weighted by atomic mass is 10.0. The highest BCUT2D eigenvalue weighted by Crippen LogP contribution is 2.32. The Morgan fingerprint density at radius 1 is 1.13 bits per heavy atom. The molecule has 0 atom stereocenters. The number of piperidine rings is 1. The molecule has 6 nitrogen and oxygen atoms in total. The number of aromatic nitrogens is 3. The molecule has 1 aliphatic rings. The number of carbonyl (C=O) groups excluding carboxylic acids is 1. The zero-order chi connectivity index (χ0) is 22.3. The third kappa shape index (κ3) is 4.09. The van der Waals surface area contributed by atoms with Crippen molar-refractivity contribution >= 4 is 22.5 Å². The van der Waals surface area contributed by atoms with Gasteiger partial charge in [0.2, 0.25) is 0 Å². The first-order valence-electron chi connectivity index (χ1n) is 11.2. The predicted octanol–water partition coefficient (Wildman–Crippen LogP) is 4.68. The van der Waals surface area contributed by atoms with Crippen molar-refractivity contribution in [2.75, 3.05) is 25.0 Å². The van der Waals surface area contributed by atoms with Crippen molar-refractivity contribution in [3.05, 3.63) is 53.0 Å². The SMILES string of the molecule is Cc1cccc(C(=O)N(C)c2cc3c(C)n(C4CCN(C(C)C)CC4)nc3cc2C)n1. The van der Waals surface area contributed by atoms with E-state index in [2.05, 4.69) is 47.5 Å². The number of pyridine rings is 1. The fraction of sp³-hybridized carbons (Fsp3) is 0.480. The number of fused-ring (bicyclic) bond motifs is 1. The monoisotopic (exact) mass is 419 g/mol. The predicted molar refractivity (Wildman–Crippen MR) is 126 cm³/mol. The molecule has 3 aromatic rings. The highest BCUT2D eigenvalue weighted by Gasteiger charge is 2.25. The molecule has 31 heavy (non-hydrogen) atoms. The van der Waals surface area contributed by atoms with Crippen LogP contribution in [0.5, 0.6) is 0 Å². The quantitative estimate of drug-likeness (QED) is 0.616. The Labute approximate surface area is 184 Å². The van der Waals surface area contributed by atoms with E-state index in [4.69, 9.17) is 5.10 Å². The Bertz CT molecular complexity index is 1110. The first-order valence-corrected chi connectivity index (χ1v) is 11.2. The summed E-state index contributed by atoms with van der Waals surface area (Å²) in [6, 6.07) is 10.8. The standard InChI is InChI=1S/C25H33N5O/c1-16(2)29-12-10-20(11-13-29)30-19(5)21-15-24(17(3)14-23(21)27-30)28(6)25(31)22-9-7-8-18(4)26-22/h7-9,14-16,20H,10-13H2,1-6H3. The van der Waals surface area contributed by atoms with Gasteiger partial charge >= 0.3 is 0 Å². The van der Waals surface area contributed by atoms with Crippen LogP contribution in [-0.2, 0) is 0 Å². The van der Waals surface area contributed by atoms with Gasteiger partial charge in [0, 0.05) is 48.6 Å². The van der Waals surface area contributed by atoms with E-state index in [1.54, 1.807) is 11.0 Å². The van der Waals surface area contributed by atoms with Gasteiger partial charge in [-0.15, -0.1) is 0 Å². The topological polar surface area (TPSA) is 54.3 Å². The van der Waals surface area contributed by atoms with E-state index in [0.29, 0.717) is 17.8 Å². The van der Waals surface area contributed by atoms with E-state index in [1.165, 1.54) is 5.69 Å². The molecule has 2 aromatic heterocycles. The third-order valence-electron chi connectivity index (χ3n) is 6.61. The van der Waals surface area contributed by atoms with Crippen molar-refractivity contribution in [3.63, 3.8) is 0 Å². The van der Waals surface area contributed by atoms with Gasteiger partial charge in [-0.2, -0.15) is 5.10 Å². The molecule has 1 saturated heterocycles. The summed E-state index contributed by atoms with van der Waals surface area (Å²) in [5, 5.41) is 6.08. The molecule has 1 aliphatic heterocycles. The van der Waals surface area contributed by atoms with Gasteiger partial charge < -0.3 is 9.80 Å². The van der Waals surface area contributed by atoms with Crippen LogP contribution in [0.3, 0.4) is 0 Å². The van der Waals surface area contributed by atoms with Gasteiger partial charge in [-0.3, -0.25) is 9.48 Å². The summed E-state index contributed by atoms with van der Waals surface area (Å²) in [4.78, 5) is 21.7. The van der Waals surface area contributed by atoms with Crippen molar-refractivity contribution in [2.45, 2.75) is 59.5 Å². The van der Waals surface area contributed by atoms with Crippen LogP contribution < -0.4 is 4.90 Å². The summed E-state index contributed by atoms with van der Waals surface area (Å²) in [5.41, 5.74) is 5.42. The first kappa shape index (κ1) is 21.5. The molecule has 0 aliphatic carbocycles. The first-order chi connectivity index (χ1) is 14.8. The lowest BCUT2D eigenvalue weighted by molar-refractivity contribution is 0.0988. The largest absolute Gasteiger partial charge is 0.310 e. The Balaban J connectivity index is 1.64. The summed E-state index contributed by atoms with van der Waals surface area (Å²) < 4.78 is 2.22. The van der Waals surface area contributed by atoms with Crippen molar-refractivity contribution in [1.82, 2.24) is 19.7 Å². The Morgan fingerprint density at radius 2 is 1.84 bits per heavy atom. The number of hydrogen-bond acceptors (Lipinski definition) is 4. The molecule has 164 valence electrons. The van der Waals surface area contributed by atoms with Crippen LogP contribution in [0.1, 0.15) is 60.2 Å². The van der Waals surface area contributed by atoms with Crippen LogP contribution in [-0.4, -0.2) is 51.8 Å². The second-order valence-electron chi connectivity index (χ2n) is 9.08. The van der Waals surface area contributed by atoms with Crippen molar-refractivity contribution in [3.8, 4) is 0 Å². The molecule has 0 bridgehead atoms. The molecule has 0 saturated carbocycles. The van der Waals surface area contributed by atoms with Gasteiger partial charge in [0.1, 0.15) is 5.69 Å². The van der Waals surface area contributed by atoms with E-state index in [0.717, 1.165) is 53.8 Å². The normalized spacial score (nSPS) is 15.7. The number of amides is 1. The molecule has 6 heteroatoms. The molecule has 3 heterocycles. The second-order valence-corrected chi connectivity index (χ2v) is 9.08. The second kappa shape index (κ2) is 8.42. The number of hydrogen-bond donors (Lipinski definition) is 0. The minimum absolute atomic E-state index is 0.0998. The number of likely N-dealkylation sites (tertiary alicyclic amines) is 1. The van der Waals surface area contributed by atoms with Gasteiger partial charge in [-0.25, -0.2) is 4.98 Å². The fourth-order valence-corrected chi connectivity index (χ4v) is 4.68. The summed E-state index contributed by atoms with van der Waals surface area (Å²) in [7, 11) is 1.82. The van der Waals surface area contributed by atoms with E-state index in [9.17, 15) is 4.79 Å². The van der Waals surface area contributed by atoms with Gasteiger partial charge in [0.05, 0.1) is 11.6 Å². The Hall–Kier alpha value is -2.73. The summed E-state index contributed by atoms with van der Waals surface area (Å²) in [6.07, 6.45) is 2.24. The maximum atomic E-state index is 13.0. The Morgan fingerprint density at radius 3 is 2.48 bits per heavy atom.